The van der Waals surface area contributed by atoms with E-state index in [2.05, 4.69) is 27.1 Å². The van der Waals surface area contributed by atoms with Crippen LogP contribution in [0.4, 0.5) is 10.1 Å². The molecule has 4 rings (SSSR count). The monoisotopic (exact) mass is 350 g/mol. The number of thiazole rings is 1. The van der Waals surface area contributed by atoms with Crippen molar-refractivity contribution in [2.75, 3.05) is 0 Å². The van der Waals surface area contributed by atoms with E-state index in [1.807, 2.05) is 30.3 Å². The lowest BCUT2D eigenvalue weighted by Gasteiger charge is -2.07. The summed E-state index contributed by atoms with van der Waals surface area (Å²) in [6.07, 6.45) is 1.67. The van der Waals surface area contributed by atoms with Crippen molar-refractivity contribution in [1.82, 2.24) is 4.57 Å². The van der Waals surface area contributed by atoms with E-state index in [9.17, 15) is 4.39 Å². The first kappa shape index (κ1) is 15.6. The molecule has 3 nitrogen and oxygen atoms in total. The molecular weight excluding hydrogens is 335 g/mol. The third-order valence-electron chi connectivity index (χ3n) is 3.81. The van der Waals surface area contributed by atoms with Crippen LogP contribution in [0.25, 0.3) is 11.3 Å². The Labute approximate surface area is 148 Å². The number of benzene rings is 2. The first-order valence-corrected chi connectivity index (χ1v) is 8.74. The van der Waals surface area contributed by atoms with Crippen LogP contribution in [-0.2, 0) is 6.54 Å². The predicted octanol–water partition coefficient (Wildman–Crippen LogP) is 5.23. The van der Waals surface area contributed by atoms with Gasteiger partial charge in [-0.2, -0.15) is 0 Å². The lowest BCUT2D eigenvalue weighted by atomic mass is 10.2. The van der Waals surface area contributed by atoms with Crippen molar-refractivity contribution in [2.45, 2.75) is 6.54 Å². The fourth-order valence-electron chi connectivity index (χ4n) is 2.60. The Morgan fingerprint density at radius 1 is 0.960 bits per heavy atom. The van der Waals surface area contributed by atoms with Gasteiger partial charge in [-0.25, -0.2) is 9.38 Å². The van der Waals surface area contributed by atoms with E-state index in [1.54, 1.807) is 29.7 Å². The Kier molecular flexibility index (Phi) is 4.31. The minimum absolute atomic E-state index is 0.265. The topological polar surface area (TPSA) is 30.4 Å². The van der Waals surface area contributed by atoms with E-state index in [-0.39, 0.29) is 5.82 Å². The second-order valence-electron chi connectivity index (χ2n) is 5.52. The number of furan rings is 1. The maximum Gasteiger partial charge on any atom is 0.190 e. The molecule has 4 aromatic rings. The molecule has 0 radical (unpaired) electrons. The number of halogens is 1. The standard InChI is InChI=1S/C20H15FN2OS/c21-16-8-10-17(11-9-16)22-20-23(13-18-7-4-12-24-18)19(14-25-20)15-5-2-1-3-6-15/h1-12,14H,13H2. The van der Waals surface area contributed by atoms with Crippen molar-refractivity contribution in [3.8, 4) is 11.3 Å². The van der Waals surface area contributed by atoms with Crippen molar-refractivity contribution in [3.05, 3.63) is 94.8 Å². The molecule has 0 amide bonds. The van der Waals surface area contributed by atoms with Crippen LogP contribution in [-0.4, -0.2) is 4.57 Å². The van der Waals surface area contributed by atoms with E-state index in [0.29, 0.717) is 6.54 Å². The zero-order valence-electron chi connectivity index (χ0n) is 13.3. The van der Waals surface area contributed by atoms with Gasteiger partial charge in [-0.3, -0.25) is 0 Å². The second-order valence-corrected chi connectivity index (χ2v) is 6.36. The summed E-state index contributed by atoms with van der Waals surface area (Å²) >= 11 is 1.55. The first-order chi connectivity index (χ1) is 12.3. The van der Waals surface area contributed by atoms with Crippen LogP contribution in [0.15, 0.2) is 87.8 Å². The lowest BCUT2D eigenvalue weighted by molar-refractivity contribution is 0.492. The van der Waals surface area contributed by atoms with E-state index >= 15 is 0 Å². The molecule has 0 spiro atoms. The normalized spacial score (nSPS) is 11.8. The molecule has 124 valence electrons. The fourth-order valence-corrected chi connectivity index (χ4v) is 3.52. The molecule has 0 N–H and O–H groups in total. The minimum Gasteiger partial charge on any atom is -0.467 e. The van der Waals surface area contributed by atoms with Crippen molar-refractivity contribution >= 4 is 17.0 Å². The third-order valence-corrected chi connectivity index (χ3v) is 4.68. The van der Waals surface area contributed by atoms with E-state index in [4.69, 9.17) is 4.42 Å². The Hall–Kier alpha value is -2.92. The molecule has 0 aliphatic carbocycles. The van der Waals surface area contributed by atoms with E-state index in [1.165, 1.54) is 12.1 Å². The van der Waals surface area contributed by atoms with Gasteiger partial charge in [0, 0.05) is 5.38 Å². The maximum atomic E-state index is 13.1. The number of hydrogen-bond donors (Lipinski definition) is 0. The van der Waals surface area contributed by atoms with Crippen LogP contribution in [0.5, 0.6) is 0 Å². The molecule has 0 aliphatic rings. The van der Waals surface area contributed by atoms with Gasteiger partial charge in [0.25, 0.3) is 0 Å². The molecule has 0 unspecified atom stereocenters. The number of aromatic nitrogens is 1. The third kappa shape index (κ3) is 3.46. The minimum atomic E-state index is -0.265. The zero-order chi connectivity index (χ0) is 17.1. The number of rotatable bonds is 4. The summed E-state index contributed by atoms with van der Waals surface area (Å²) in [6, 6.07) is 20.2. The van der Waals surface area contributed by atoms with Crippen LogP contribution in [0, 0.1) is 5.82 Å². The average molecular weight is 350 g/mol. The molecule has 0 aliphatic heterocycles. The van der Waals surface area contributed by atoms with Gasteiger partial charge in [-0.15, -0.1) is 11.3 Å². The summed E-state index contributed by atoms with van der Waals surface area (Å²) in [7, 11) is 0. The second kappa shape index (κ2) is 6.91. The highest BCUT2D eigenvalue weighted by atomic mass is 32.1. The van der Waals surface area contributed by atoms with E-state index < -0.39 is 0 Å². The van der Waals surface area contributed by atoms with Gasteiger partial charge < -0.3 is 8.98 Å². The van der Waals surface area contributed by atoms with Gasteiger partial charge in [0.1, 0.15) is 11.6 Å². The molecule has 0 saturated heterocycles. The maximum absolute atomic E-state index is 13.1. The molecule has 0 bridgehead atoms. The summed E-state index contributed by atoms with van der Waals surface area (Å²) < 4.78 is 20.7. The Balaban J connectivity index is 1.83. The smallest absolute Gasteiger partial charge is 0.190 e. The molecule has 0 atom stereocenters. The molecule has 0 saturated carbocycles. The molecule has 0 fully saturated rings. The molecular formula is C20H15FN2OS. The number of nitrogens with zero attached hydrogens (tertiary/aromatic N) is 2. The summed E-state index contributed by atoms with van der Waals surface area (Å²) in [5.41, 5.74) is 2.91. The molecule has 2 aromatic carbocycles. The highest BCUT2D eigenvalue weighted by Crippen LogP contribution is 2.22. The Bertz CT molecular complexity index is 1020. The van der Waals surface area contributed by atoms with Crippen molar-refractivity contribution < 1.29 is 8.81 Å². The average Bonchev–Trinajstić information content (AvgIpc) is 3.29. The van der Waals surface area contributed by atoms with Gasteiger partial charge in [0.2, 0.25) is 0 Å². The number of hydrogen-bond acceptors (Lipinski definition) is 3. The van der Waals surface area contributed by atoms with Crippen molar-refractivity contribution in [1.29, 1.82) is 0 Å². The Morgan fingerprint density at radius 3 is 2.48 bits per heavy atom. The van der Waals surface area contributed by atoms with Crippen molar-refractivity contribution in [2.24, 2.45) is 4.99 Å². The van der Waals surface area contributed by atoms with Gasteiger partial charge in [0.15, 0.2) is 4.80 Å². The van der Waals surface area contributed by atoms with Gasteiger partial charge in [-0.05, 0) is 42.0 Å². The van der Waals surface area contributed by atoms with Crippen LogP contribution in [0.2, 0.25) is 0 Å². The largest absolute Gasteiger partial charge is 0.467 e. The quantitative estimate of drug-likeness (QED) is 0.496. The van der Waals surface area contributed by atoms with Gasteiger partial charge >= 0.3 is 0 Å². The summed E-state index contributed by atoms with van der Waals surface area (Å²) in [6.45, 7) is 0.584. The van der Waals surface area contributed by atoms with Crippen LogP contribution < -0.4 is 4.80 Å². The lowest BCUT2D eigenvalue weighted by Crippen LogP contribution is -2.16. The van der Waals surface area contributed by atoms with Crippen LogP contribution in [0.1, 0.15) is 5.76 Å². The fraction of sp³-hybridized carbons (Fsp3) is 0.0500. The van der Waals surface area contributed by atoms with Crippen LogP contribution >= 0.6 is 11.3 Å². The molecule has 25 heavy (non-hydrogen) atoms. The van der Waals surface area contributed by atoms with Gasteiger partial charge in [-0.1, -0.05) is 30.3 Å². The Morgan fingerprint density at radius 2 is 1.76 bits per heavy atom. The highest BCUT2D eigenvalue weighted by Gasteiger charge is 2.10. The van der Waals surface area contributed by atoms with E-state index in [0.717, 1.165) is 27.5 Å². The first-order valence-electron chi connectivity index (χ1n) is 7.86. The highest BCUT2D eigenvalue weighted by molar-refractivity contribution is 7.07. The van der Waals surface area contributed by atoms with Crippen molar-refractivity contribution in [3.63, 3.8) is 0 Å². The summed E-state index contributed by atoms with van der Waals surface area (Å²) in [5.74, 6) is 0.592. The SMILES string of the molecule is Fc1ccc(N=c2scc(-c3ccccc3)n2Cc2ccco2)cc1. The molecule has 2 aromatic heterocycles. The van der Waals surface area contributed by atoms with Crippen LogP contribution in [0.3, 0.4) is 0 Å². The summed E-state index contributed by atoms with van der Waals surface area (Å²) in [4.78, 5) is 5.52. The van der Waals surface area contributed by atoms with Gasteiger partial charge in [0.05, 0.1) is 24.2 Å². The molecule has 5 heteroatoms. The summed E-state index contributed by atoms with van der Waals surface area (Å²) in [5, 5.41) is 2.08. The predicted molar refractivity (Wildman–Crippen MR) is 97.2 cm³/mol. The molecule has 2 heterocycles. The zero-order valence-corrected chi connectivity index (χ0v) is 14.1.